The van der Waals surface area contributed by atoms with E-state index in [1.165, 1.54) is 0 Å². The molecule has 0 atom stereocenters. The van der Waals surface area contributed by atoms with E-state index in [0.717, 1.165) is 23.8 Å². The van der Waals surface area contributed by atoms with Crippen molar-refractivity contribution in [2.24, 2.45) is 19.1 Å². The van der Waals surface area contributed by atoms with Crippen LogP contribution in [-0.2, 0) is 27.2 Å². The number of aromatic nitrogens is 3. The molecule has 0 fully saturated rings. The Morgan fingerprint density at radius 2 is 2.09 bits per heavy atom. The molecular weight excluding hydrogens is 323 g/mol. The van der Waals surface area contributed by atoms with Gasteiger partial charge in [0, 0.05) is 38.1 Å². The lowest BCUT2D eigenvalue weighted by atomic mass is 10.4. The molecule has 0 aromatic carbocycles. The molecular formula is C14H20Cl2N6. The molecule has 2 N–H and O–H groups in total. The van der Waals surface area contributed by atoms with Gasteiger partial charge in [0.25, 0.3) is 0 Å². The highest BCUT2D eigenvalue weighted by molar-refractivity contribution is 6.41. The average Bonchev–Trinajstić information content (AvgIpc) is 3.01. The minimum Gasteiger partial charge on any atom is -0.357 e. The third-order valence-electron chi connectivity index (χ3n) is 3.17. The lowest BCUT2D eigenvalue weighted by Gasteiger charge is -2.11. The van der Waals surface area contributed by atoms with Gasteiger partial charge in [0.1, 0.15) is 5.15 Å². The van der Waals surface area contributed by atoms with Gasteiger partial charge >= 0.3 is 0 Å². The van der Waals surface area contributed by atoms with Crippen molar-refractivity contribution in [1.82, 2.24) is 25.0 Å². The molecule has 120 valence electrons. The van der Waals surface area contributed by atoms with Crippen LogP contribution in [0.25, 0.3) is 0 Å². The maximum atomic E-state index is 6.07. The highest BCUT2D eigenvalue weighted by Crippen LogP contribution is 2.24. The van der Waals surface area contributed by atoms with Crippen LogP contribution in [-0.4, -0.2) is 26.9 Å². The number of aryl methyl sites for hydroxylation is 1. The van der Waals surface area contributed by atoms with Crippen LogP contribution in [0.2, 0.25) is 10.2 Å². The number of nitrogens with one attached hydrogen (secondary N) is 2. The highest BCUT2D eigenvalue weighted by Gasteiger charge is 2.09. The number of hydrogen-bond donors (Lipinski definition) is 2. The van der Waals surface area contributed by atoms with Crippen molar-refractivity contribution in [3.63, 3.8) is 0 Å². The third kappa shape index (κ3) is 4.18. The normalized spacial score (nSPS) is 11.8. The van der Waals surface area contributed by atoms with Crippen LogP contribution in [0.3, 0.4) is 0 Å². The topological polar surface area (TPSA) is 59.2 Å². The first kappa shape index (κ1) is 16.7. The van der Waals surface area contributed by atoms with Gasteiger partial charge in [0.05, 0.1) is 24.3 Å². The van der Waals surface area contributed by atoms with Gasteiger partial charge in [-0.3, -0.25) is 4.68 Å². The molecule has 2 rings (SSSR count). The summed E-state index contributed by atoms with van der Waals surface area (Å²) in [6.45, 7) is 3.96. The van der Waals surface area contributed by atoms with E-state index in [4.69, 9.17) is 23.2 Å². The van der Waals surface area contributed by atoms with Crippen LogP contribution in [0.15, 0.2) is 23.5 Å². The van der Waals surface area contributed by atoms with Crippen molar-refractivity contribution in [2.45, 2.75) is 20.0 Å². The summed E-state index contributed by atoms with van der Waals surface area (Å²) in [6, 6.07) is 1.85. The van der Waals surface area contributed by atoms with Crippen LogP contribution in [0.5, 0.6) is 0 Å². The molecule has 8 heteroatoms. The highest BCUT2D eigenvalue weighted by atomic mass is 35.5. The summed E-state index contributed by atoms with van der Waals surface area (Å²) in [5.74, 6) is 0.736. The van der Waals surface area contributed by atoms with E-state index in [0.29, 0.717) is 23.3 Å². The number of hydrogen-bond acceptors (Lipinski definition) is 2. The van der Waals surface area contributed by atoms with Crippen molar-refractivity contribution in [3.05, 3.63) is 39.9 Å². The molecule has 2 heterocycles. The standard InChI is InChI=1S/C14H20Cl2N6/c1-4-17-14(18-6-10-7-20-21(2)9-10)19-8-11-5-12(15)13(16)22(11)3/h5,7,9H,4,6,8H2,1-3H3,(H2,17,18,19). The summed E-state index contributed by atoms with van der Waals surface area (Å²) < 4.78 is 3.61. The maximum Gasteiger partial charge on any atom is 0.191 e. The van der Waals surface area contributed by atoms with Crippen molar-refractivity contribution in [3.8, 4) is 0 Å². The Balaban J connectivity index is 2.00. The summed E-state index contributed by atoms with van der Waals surface area (Å²) in [6.07, 6.45) is 3.76. The minimum atomic E-state index is 0.538. The molecule has 0 saturated carbocycles. The van der Waals surface area contributed by atoms with Crippen molar-refractivity contribution >= 4 is 29.2 Å². The van der Waals surface area contributed by atoms with E-state index < -0.39 is 0 Å². The van der Waals surface area contributed by atoms with Crippen LogP contribution < -0.4 is 10.6 Å². The molecule has 0 aliphatic carbocycles. The predicted octanol–water partition coefficient (Wildman–Crippen LogP) is 2.32. The monoisotopic (exact) mass is 342 g/mol. The number of halogens is 2. The molecule has 0 radical (unpaired) electrons. The van der Waals surface area contributed by atoms with E-state index in [1.54, 1.807) is 4.68 Å². The summed E-state index contributed by atoms with van der Waals surface area (Å²) >= 11 is 12.1. The van der Waals surface area contributed by atoms with Crippen LogP contribution in [0, 0.1) is 0 Å². The molecule has 0 amide bonds. The van der Waals surface area contributed by atoms with Crippen LogP contribution in [0.4, 0.5) is 0 Å². The van der Waals surface area contributed by atoms with Gasteiger partial charge in [-0.1, -0.05) is 23.2 Å². The van der Waals surface area contributed by atoms with E-state index in [1.807, 2.05) is 44.0 Å². The van der Waals surface area contributed by atoms with E-state index in [-0.39, 0.29) is 0 Å². The van der Waals surface area contributed by atoms with Crippen molar-refractivity contribution in [2.75, 3.05) is 6.54 Å². The second kappa shape index (κ2) is 7.56. The van der Waals surface area contributed by atoms with E-state index in [9.17, 15) is 0 Å². The summed E-state index contributed by atoms with van der Waals surface area (Å²) in [5, 5.41) is 11.7. The first-order valence-corrected chi connectivity index (χ1v) is 7.76. The quantitative estimate of drug-likeness (QED) is 0.647. The zero-order chi connectivity index (χ0) is 16.1. The Kier molecular flexibility index (Phi) is 5.74. The van der Waals surface area contributed by atoms with Gasteiger partial charge in [-0.05, 0) is 13.0 Å². The molecule has 0 spiro atoms. The molecule has 6 nitrogen and oxygen atoms in total. The molecule has 0 unspecified atom stereocenters. The number of aliphatic imine (C=N–C) groups is 1. The number of rotatable bonds is 5. The van der Waals surface area contributed by atoms with Crippen molar-refractivity contribution in [1.29, 1.82) is 0 Å². The minimum absolute atomic E-state index is 0.538. The third-order valence-corrected chi connectivity index (χ3v) is 4.02. The van der Waals surface area contributed by atoms with E-state index in [2.05, 4.69) is 20.7 Å². The molecule has 0 bridgehead atoms. The fourth-order valence-electron chi connectivity index (χ4n) is 2.00. The largest absolute Gasteiger partial charge is 0.357 e. The van der Waals surface area contributed by atoms with Gasteiger partial charge in [0.15, 0.2) is 5.96 Å². The van der Waals surface area contributed by atoms with Crippen LogP contribution >= 0.6 is 23.2 Å². The number of guanidine groups is 1. The Labute approximate surface area is 140 Å². The van der Waals surface area contributed by atoms with E-state index >= 15 is 0 Å². The first-order valence-electron chi connectivity index (χ1n) is 7.00. The molecule has 2 aromatic heterocycles. The second-order valence-corrected chi connectivity index (χ2v) is 5.67. The fourth-order valence-corrected chi connectivity index (χ4v) is 2.41. The fraction of sp³-hybridized carbons (Fsp3) is 0.429. The van der Waals surface area contributed by atoms with Crippen molar-refractivity contribution < 1.29 is 0 Å². The van der Waals surface area contributed by atoms with Gasteiger partial charge in [-0.2, -0.15) is 5.10 Å². The zero-order valence-electron chi connectivity index (χ0n) is 12.9. The summed E-state index contributed by atoms with van der Waals surface area (Å²) in [5.41, 5.74) is 2.05. The summed E-state index contributed by atoms with van der Waals surface area (Å²) in [7, 11) is 3.77. The van der Waals surface area contributed by atoms with Gasteiger partial charge in [0.2, 0.25) is 0 Å². The first-order chi connectivity index (χ1) is 10.5. The molecule has 22 heavy (non-hydrogen) atoms. The molecule has 0 aliphatic rings. The average molecular weight is 343 g/mol. The Morgan fingerprint density at radius 3 is 2.64 bits per heavy atom. The van der Waals surface area contributed by atoms with Crippen LogP contribution in [0.1, 0.15) is 18.2 Å². The molecule has 0 aliphatic heterocycles. The smallest absolute Gasteiger partial charge is 0.191 e. The molecule has 0 saturated heterocycles. The van der Waals surface area contributed by atoms with Gasteiger partial charge in [-0.15, -0.1) is 0 Å². The number of nitrogens with zero attached hydrogens (tertiary/aromatic N) is 4. The lowest BCUT2D eigenvalue weighted by molar-refractivity contribution is 0.751. The second-order valence-electron chi connectivity index (χ2n) is 4.90. The van der Waals surface area contributed by atoms with Gasteiger partial charge < -0.3 is 15.2 Å². The maximum absolute atomic E-state index is 6.07. The summed E-state index contributed by atoms with van der Waals surface area (Å²) in [4.78, 5) is 4.54. The zero-order valence-corrected chi connectivity index (χ0v) is 14.4. The lowest BCUT2D eigenvalue weighted by Crippen LogP contribution is -2.37. The van der Waals surface area contributed by atoms with Gasteiger partial charge in [-0.25, -0.2) is 4.99 Å². The molecule has 2 aromatic rings. The SMILES string of the molecule is CCNC(=NCc1cnn(C)c1)NCc1cc(Cl)c(Cl)n1C. The predicted molar refractivity (Wildman–Crippen MR) is 90.3 cm³/mol. The Bertz CT molecular complexity index is 658. The Morgan fingerprint density at radius 1 is 1.32 bits per heavy atom. The Hall–Kier alpha value is -1.66.